The smallest absolute Gasteiger partial charge is 0.241 e. The number of hydrogen-bond acceptors (Lipinski definition) is 7. The van der Waals surface area contributed by atoms with E-state index in [9.17, 15) is 20.1 Å². The number of rotatable bonds is 7. The first-order valence-corrected chi connectivity index (χ1v) is 11.0. The average Bonchev–Trinajstić information content (AvgIpc) is 2.99. The molecule has 0 aromatic heterocycles. The van der Waals surface area contributed by atoms with E-state index in [4.69, 9.17) is 16.3 Å². The minimum Gasteiger partial charge on any atom is -0.388 e. The molecule has 7 nitrogen and oxygen atoms in total. The number of alkyl halides is 1. The van der Waals surface area contributed by atoms with Crippen LogP contribution in [0.3, 0.4) is 0 Å². The third-order valence-electron chi connectivity index (χ3n) is 5.16. The van der Waals surface area contributed by atoms with Crippen LogP contribution in [-0.2, 0) is 9.53 Å². The molecule has 0 bridgehead atoms. The van der Waals surface area contributed by atoms with Crippen LogP contribution in [0.2, 0.25) is 0 Å². The molecule has 6 unspecified atom stereocenters. The number of halogens is 1. The maximum Gasteiger partial charge on any atom is 0.241 e. The van der Waals surface area contributed by atoms with E-state index in [1.807, 2.05) is 18.0 Å². The number of nitrogens with one attached hydrogen (secondary N) is 1. The highest BCUT2D eigenvalue weighted by Crippen LogP contribution is 2.30. The number of thioether (sulfide) groups is 1. The largest absolute Gasteiger partial charge is 0.388 e. The molecule has 0 aromatic carbocycles. The van der Waals surface area contributed by atoms with Crippen LogP contribution in [0.1, 0.15) is 26.7 Å². The fraction of sp³-hybridized carbons (Fsp3) is 0.833. The van der Waals surface area contributed by atoms with Crippen LogP contribution in [0.4, 0.5) is 0 Å². The zero-order valence-electron chi connectivity index (χ0n) is 16.2. The monoisotopic (exact) mass is 422 g/mol. The lowest BCUT2D eigenvalue weighted by Crippen LogP contribution is -2.65. The first-order chi connectivity index (χ1) is 12.7. The van der Waals surface area contributed by atoms with Crippen molar-refractivity contribution in [3.05, 3.63) is 11.6 Å². The molecule has 0 spiro atoms. The molecule has 0 aliphatic carbocycles. The summed E-state index contributed by atoms with van der Waals surface area (Å²) in [7, 11) is 1.89. The first-order valence-electron chi connectivity index (χ1n) is 9.27. The van der Waals surface area contributed by atoms with Crippen molar-refractivity contribution in [1.29, 1.82) is 0 Å². The van der Waals surface area contributed by atoms with Gasteiger partial charge in [0.1, 0.15) is 35.9 Å². The van der Waals surface area contributed by atoms with Crippen LogP contribution in [0.25, 0.3) is 0 Å². The average molecular weight is 423 g/mol. The zero-order chi connectivity index (χ0) is 20.3. The number of aliphatic hydroxyl groups excluding tert-OH is 3. The summed E-state index contributed by atoms with van der Waals surface area (Å²) in [4.78, 5) is 14.8. The number of aliphatic hydroxyl groups is 3. The van der Waals surface area contributed by atoms with Gasteiger partial charge < -0.3 is 25.4 Å². The van der Waals surface area contributed by atoms with Crippen molar-refractivity contribution in [3.8, 4) is 0 Å². The van der Waals surface area contributed by atoms with Gasteiger partial charge in [-0.15, -0.1) is 23.4 Å². The molecule has 9 heteroatoms. The second kappa shape index (κ2) is 9.91. The Labute approximate surface area is 170 Å². The second-order valence-electron chi connectivity index (χ2n) is 7.32. The van der Waals surface area contributed by atoms with Crippen molar-refractivity contribution < 1.29 is 24.9 Å². The molecular formula is C18H31ClN2O5S. The third kappa shape index (κ3) is 5.18. The number of carbonyl (C=O) groups is 1. The van der Waals surface area contributed by atoms with Crippen LogP contribution >= 0.6 is 23.4 Å². The Kier molecular flexibility index (Phi) is 8.42. The topological polar surface area (TPSA) is 102 Å². The standard InChI is InChI=1S/C18H31ClN2O5S/c1-5-6-10-7-11(21(3)8-10)17(25)20-12(9(2)19)16-14(23)13(22)15(24)18(26-16)27-4/h7,9,11-16,18,22-24H,5-6,8H2,1-4H3,(H,20,25)/t9?,11?,12?,13?,14-,15?,16?,18+/m1/s1. The van der Waals surface area contributed by atoms with Gasteiger partial charge in [0.15, 0.2) is 0 Å². The molecule has 0 radical (unpaired) electrons. The summed E-state index contributed by atoms with van der Waals surface area (Å²) in [6.07, 6.45) is 0.804. The molecule has 1 amide bonds. The van der Waals surface area contributed by atoms with E-state index in [1.165, 1.54) is 17.3 Å². The Hall–Kier alpha value is -0.350. The molecular weight excluding hydrogens is 392 g/mol. The van der Waals surface area contributed by atoms with E-state index < -0.39 is 47.3 Å². The van der Waals surface area contributed by atoms with E-state index in [1.54, 1.807) is 13.2 Å². The number of carbonyl (C=O) groups excluding carboxylic acids is 1. The lowest BCUT2D eigenvalue weighted by molar-refractivity contribution is -0.205. The van der Waals surface area contributed by atoms with E-state index in [-0.39, 0.29) is 5.91 Å². The number of amides is 1. The molecule has 2 aliphatic rings. The second-order valence-corrected chi connectivity index (χ2v) is 8.95. The number of likely N-dealkylation sites (N-methyl/N-ethyl adjacent to an activating group) is 1. The Balaban J connectivity index is 2.14. The molecule has 0 saturated carbocycles. The lowest BCUT2D eigenvalue weighted by Gasteiger charge is -2.44. The molecule has 2 heterocycles. The van der Waals surface area contributed by atoms with Gasteiger partial charge in [-0.05, 0) is 26.6 Å². The van der Waals surface area contributed by atoms with Gasteiger partial charge in [0.2, 0.25) is 5.91 Å². The summed E-state index contributed by atoms with van der Waals surface area (Å²) >= 11 is 7.52. The summed E-state index contributed by atoms with van der Waals surface area (Å²) in [5.41, 5.74) is 0.513. The highest BCUT2D eigenvalue weighted by atomic mass is 35.5. The van der Waals surface area contributed by atoms with Gasteiger partial charge in [-0.3, -0.25) is 9.69 Å². The maximum absolute atomic E-state index is 12.9. The van der Waals surface area contributed by atoms with E-state index in [2.05, 4.69) is 12.2 Å². The Morgan fingerprint density at radius 1 is 1.41 bits per heavy atom. The first kappa shape index (κ1) is 22.9. The quantitative estimate of drug-likeness (QED) is 0.346. The predicted octanol–water partition coefficient (Wildman–Crippen LogP) is 0.310. The predicted molar refractivity (Wildman–Crippen MR) is 107 cm³/mol. The molecule has 4 N–H and O–H groups in total. The maximum atomic E-state index is 12.9. The van der Waals surface area contributed by atoms with Crippen LogP contribution in [-0.4, -0.2) is 93.3 Å². The zero-order valence-corrected chi connectivity index (χ0v) is 17.8. The van der Waals surface area contributed by atoms with Crippen molar-refractivity contribution in [1.82, 2.24) is 10.2 Å². The fourth-order valence-corrected chi connectivity index (χ4v) is 4.54. The highest BCUT2D eigenvalue weighted by Gasteiger charge is 2.48. The molecule has 2 aliphatic heterocycles. The molecule has 2 rings (SSSR count). The third-order valence-corrected chi connectivity index (χ3v) is 6.28. The van der Waals surface area contributed by atoms with Crippen molar-refractivity contribution in [3.63, 3.8) is 0 Å². The molecule has 8 atom stereocenters. The lowest BCUT2D eigenvalue weighted by atomic mass is 9.93. The summed E-state index contributed by atoms with van der Waals surface area (Å²) in [6.45, 7) is 4.54. The fourth-order valence-electron chi connectivity index (χ4n) is 3.65. The van der Waals surface area contributed by atoms with Gasteiger partial charge >= 0.3 is 0 Å². The van der Waals surface area contributed by atoms with E-state index >= 15 is 0 Å². The summed E-state index contributed by atoms with van der Waals surface area (Å²) in [5, 5.41) is 32.9. The van der Waals surface area contributed by atoms with E-state index in [0.717, 1.165) is 19.4 Å². The summed E-state index contributed by atoms with van der Waals surface area (Å²) < 4.78 is 5.78. The van der Waals surface area contributed by atoms with Gasteiger partial charge in [0.05, 0.1) is 11.4 Å². The molecule has 27 heavy (non-hydrogen) atoms. The van der Waals surface area contributed by atoms with Crippen molar-refractivity contribution in [2.24, 2.45) is 0 Å². The van der Waals surface area contributed by atoms with Crippen LogP contribution in [0.5, 0.6) is 0 Å². The molecule has 1 saturated heterocycles. The normalized spacial score (nSPS) is 37.0. The highest BCUT2D eigenvalue weighted by molar-refractivity contribution is 7.99. The Bertz CT molecular complexity index is 548. The van der Waals surface area contributed by atoms with Gasteiger partial charge in [-0.1, -0.05) is 25.0 Å². The minimum absolute atomic E-state index is 0.224. The van der Waals surface area contributed by atoms with Gasteiger partial charge in [0.25, 0.3) is 0 Å². The van der Waals surface area contributed by atoms with Crippen molar-refractivity contribution in [2.45, 2.75) is 74.0 Å². The van der Waals surface area contributed by atoms with Gasteiger partial charge in [0, 0.05) is 6.54 Å². The van der Waals surface area contributed by atoms with Crippen molar-refractivity contribution in [2.75, 3.05) is 19.8 Å². The van der Waals surface area contributed by atoms with Crippen LogP contribution in [0.15, 0.2) is 11.6 Å². The summed E-state index contributed by atoms with van der Waals surface area (Å²) in [5.74, 6) is -0.224. The molecule has 156 valence electrons. The van der Waals surface area contributed by atoms with Crippen LogP contribution in [0, 0.1) is 0 Å². The number of ether oxygens (including phenoxy) is 1. The minimum atomic E-state index is -1.37. The Morgan fingerprint density at radius 3 is 2.63 bits per heavy atom. The van der Waals surface area contributed by atoms with Gasteiger partial charge in [-0.2, -0.15) is 0 Å². The molecule has 1 fully saturated rings. The van der Waals surface area contributed by atoms with Crippen molar-refractivity contribution >= 4 is 29.3 Å². The number of hydrogen-bond donors (Lipinski definition) is 4. The summed E-state index contributed by atoms with van der Waals surface area (Å²) in [6, 6.07) is -1.12. The van der Waals surface area contributed by atoms with Gasteiger partial charge in [-0.25, -0.2) is 0 Å². The van der Waals surface area contributed by atoms with E-state index in [0.29, 0.717) is 0 Å². The Morgan fingerprint density at radius 2 is 2.07 bits per heavy atom. The molecule has 0 aromatic rings. The van der Waals surface area contributed by atoms with Crippen LogP contribution < -0.4 is 5.32 Å². The number of nitrogens with zero attached hydrogens (tertiary/aromatic N) is 1. The SMILES string of the molecule is CCCC1=CC(C(=O)NC(C(C)Cl)C2O[C@@H](SC)C(O)C(O)[C@H]2O)N(C)C1.